The molecule has 0 unspecified atom stereocenters. The van der Waals surface area contributed by atoms with Gasteiger partial charge in [-0.3, -0.25) is 5.41 Å². The Morgan fingerprint density at radius 3 is 2.11 bits per heavy atom. The van der Waals surface area contributed by atoms with Crippen LogP contribution >= 0.6 is 11.8 Å². The number of aryl methyl sites for hydroxylation is 3. The van der Waals surface area contributed by atoms with E-state index in [2.05, 4.69) is 62.5 Å². The van der Waals surface area contributed by atoms with Crippen molar-refractivity contribution in [2.45, 2.75) is 34.6 Å². The summed E-state index contributed by atoms with van der Waals surface area (Å²) in [5.41, 5.74) is 6.67. The molecule has 0 spiro atoms. The highest BCUT2D eigenvalue weighted by Gasteiger charge is 2.14. The van der Waals surface area contributed by atoms with Crippen LogP contribution in [0.25, 0.3) is 5.57 Å². The number of amidine groups is 1. The smallest absolute Gasteiger partial charge is 0.132 e. The maximum atomic E-state index is 8.51. The van der Waals surface area contributed by atoms with Gasteiger partial charge in [-0.05, 0) is 43.5 Å². The third-order valence-corrected chi connectivity index (χ3v) is 5.33. The summed E-state index contributed by atoms with van der Waals surface area (Å²) in [6.45, 7) is 18.5. The van der Waals surface area contributed by atoms with Crippen molar-refractivity contribution in [2.24, 2.45) is 0 Å². The van der Waals surface area contributed by atoms with Crippen LogP contribution in [0.4, 0.5) is 0 Å². The molecule has 0 amide bonds. The molecule has 144 valence electrons. The van der Waals surface area contributed by atoms with Crippen LogP contribution in [0.15, 0.2) is 60.7 Å². The van der Waals surface area contributed by atoms with Crippen molar-refractivity contribution in [1.29, 1.82) is 5.41 Å². The van der Waals surface area contributed by atoms with Gasteiger partial charge in [-0.15, -0.1) is 11.8 Å². The predicted molar refractivity (Wildman–Crippen MR) is 124 cm³/mol. The van der Waals surface area contributed by atoms with Gasteiger partial charge in [-0.2, -0.15) is 0 Å². The Labute approximate surface area is 169 Å². The molecule has 2 aromatic carbocycles. The number of nitrogens with one attached hydrogen (secondary N) is 1. The van der Waals surface area contributed by atoms with E-state index in [1.165, 1.54) is 5.56 Å². The Morgan fingerprint density at radius 2 is 1.52 bits per heavy atom. The number of hydrogen-bond donors (Lipinski definition) is 1. The minimum Gasteiger partial charge on any atom is -0.325 e. The van der Waals surface area contributed by atoms with E-state index in [0.29, 0.717) is 5.84 Å². The van der Waals surface area contributed by atoms with E-state index < -0.39 is 0 Å². The zero-order valence-electron chi connectivity index (χ0n) is 17.5. The lowest BCUT2D eigenvalue weighted by atomic mass is 10.0. The lowest BCUT2D eigenvalue weighted by molar-refractivity contribution is 0.670. The van der Waals surface area contributed by atoms with Crippen molar-refractivity contribution in [3.63, 3.8) is 0 Å². The van der Waals surface area contributed by atoms with Crippen molar-refractivity contribution < 1.29 is 0 Å². The molecule has 0 saturated carbocycles. The molecule has 3 heteroatoms. The molecule has 0 heterocycles. The van der Waals surface area contributed by atoms with Crippen molar-refractivity contribution in [3.05, 3.63) is 88.5 Å². The Balaban J connectivity index is 0.00000176. The first-order valence-electron chi connectivity index (χ1n) is 9.26. The van der Waals surface area contributed by atoms with Gasteiger partial charge in [-0.1, -0.05) is 74.5 Å². The van der Waals surface area contributed by atoms with Crippen LogP contribution in [-0.4, -0.2) is 23.5 Å². The molecular formula is C24H32N2S. The average Bonchev–Trinajstić information content (AvgIpc) is 2.68. The van der Waals surface area contributed by atoms with Crippen molar-refractivity contribution >= 4 is 23.2 Å². The van der Waals surface area contributed by atoms with Crippen LogP contribution in [0.3, 0.4) is 0 Å². The Morgan fingerprint density at radius 1 is 0.963 bits per heavy atom. The maximum Gasteiger partial charge on any atom is 0.132 e. The highest BCUT2D eigenvalue weighted by Crippen LogP contribution is 2.26. The second kappa shape index (κ2) is 10.8. The first-order valence-corrected chi connectivity index (χ1v) is 10.2. The molecule has 2 rings (SSSR count). The maximum absolute atomic E-state index is 8.51. The number of thioether (sulfide) groups is 1. The van der Waals surface area contributed by atoms with Crippen molar-refractivity contribution in [2.75, 3.05) is 12.8 Å². The second-order valence-electron chi connectivity index (χ2n) is 6.38. The van der Waals surface area contributed by atoms with Gasteiger partial charge in [0.1, 0.15) is 5.84 Å². The molecule has 27 heavy (non-hydrogen) atoms. The minimum atomic E-state index is 0.472. The van der Waals surface area contributed by atoms with Gasteiger partial charge in [0.15, 0.2) is 0 Å². The predicted octanol–water partition coefficient (Wildman–Crippen LogP) is 6.81. The lowest BCUT2D eigenvalue weighted by Crippen LogP contribution is -2.25. The second-order valence-corrected chi connectivity index (χ2v) is 7.43. The normalized spacial score (nSPS) is 9.85. The minimum absolute atomic E-state index is 0.472. The van der Waals surface area contributed by atoms with Crippen molar-refractivity contribution in [1.82, 2.24) is 4.90 Å². The fraction of sp³-hybridized carbons (Fsp3) is 0.292. The first-order chi connectivity index (χ1) is 12.8. The molecule has 0 aliphatic rings. The van der Waals surface area contributed by atoms with Crippen LogP contribution in [0.2, 0.25) is 0 Å². The standard InChI is InChI=1S/C22H26N2S.C2H6/c1-15-8-11-20(12-9-15)18(4)14-25-19(5)24(6)22(23)21-13-16(2)7-10-17(21)3;1-2/h7-13,23H,4-5,14H2,1-3,6H3;1-2H3. The summed E-state index contributed by atoms with van der Waals surface area (Å²) in [7, 11) is 1.90. The summed E-state index contributed by atoms with van der Waals surface area (Å²) >= 11 is 1.62. The van der Waals surface area contributed by atoms with Gasteiger partial charge in [0.25, 0.3) is 0 Å². The molecule has 2 aromatic rings. The van der Waals surface area contributed by atoms with Crippen LogP contribution in [0.1, 0.15) is 41.7 Å². The summed E-state index contributed by atoms with van der Waals surface area (Å²) in [6.07, 6.45) is 0. The van der Waals surface area contributed by atoms with Gasteiger partial charge in [-0.25, -0.2) is 0 Å². The number of benzene rings is 2. The lowest BCUT2D eigenvalue weighted by Gasteiger charge is -2.23. The molecule has 0 aromatic heterocycles. The number of nitrogens with zero attached hydrogens (tertiary/aromatic N) is 1. The van der Waals surface area contributed by atoms with Gasteiger partial charge in [0, 0.05) is 18.4 Å². The molecule has 0 aliphatic carbocycles. The van der Waals surface area contributed by atoms with E-state index in [9.17, 15) is 0 Å². The fourth-order valence-corrected chi connectivity index (χ4v) is 3.23. The van der Waals surface area contributed by atoms with Crippen LogP contribution in [0, 0.1) is 26.2 Å². The molecular weight excluding hydrogens is 348 g/mol. The number of hydrogen-bond acceptors (Lipinski definition) is 2. The molecule has 0 saturated heterocycles. The molecule has 0 radical (unpaired) electrons. The van der Waals surface area contributed by atoms with Crippen molar-refractivity contribution in [3.8, 4) is 0 Å². The highest BCUT2D eigenvalue weighted by molar-refractivity contribution is 8.03. The monoisotopic (exact) mass is 380 g/mol. The van der Waals surface area contributed by atoms with Crippen LogP contribution in [0.5, 0.6) is 0 Å². The van der Waals surface area contributed by atoms with Crippen LogP contribution < -0.4 is 0 Å². The molecule has 1 N–H and O–H groups in total. The quantitative estimate of drug-likeness (QED) is 0.440. The summed E-state index contributed by atoms with van der Waals surface area (Å²) in [6, 6.07) is 14.6. The highest BCUT2D eigenvalue weighted by atomic mass is 32.2. The van der Waals surface area contributed by atoms with E-state index >= 15 is 0 Å². The van der Waals surface area contributed by atoms with Gasteiger partial charge >= 0.3 is 0 Å². The third-order valence-electron chi connectivity index (χ3n) is 4.23. The Bertz CT molecular complexity index is 804. The largest absolute Gasteiger partial charge is 0.325 e. The van der Waals surface area contributed by atoms with E-state index in [0.717, 1.165) is 38.6 Å². The molecule has 0 fully saturated rings. The summed E-state index contributed by atoms with van der Waals surface area (Å²) in [4.78, 5) is 1.84. The third kappa shape index (κ3) is 6.44. The summed E-state index contributed by atoms with van der Waals surface area (Å²) in [5.74, 6) is 1.23. The van der Waals surface area contributed by atoms with Crippen LogP contribution in [-0.2, 0) is 0 Å². The molecule has 0 bridgehead atoms. The topological polar surface area (TPSA) is 27.1 Å². The van der Waals surface area contributed by atoms with E-state index in [-0.39, 0.29) is 0 Å². The fourth-order valence-electron chi connectivity index (χ4n) is 2.44. The zero-order valence-corrected chi connectivity index (χ0v) is 18.3. The summed E-state index contributed by atoms with van der Waals surface area (Å²) in [5, 5.41) is 9.35. The van der Waals surface area contributed by atoms with E-state index in [4.69, 9.17) is 5.41 Å². The first kappa shape index (κ1) is 22.8. The Hall–Kier alpha value is -2.26. The molecule has 2 nitrogen and oxygen atoms in total. The zero-order chi connectivity index (χ0) is 20.6. The SMILES string of the molecule is C=C(CSC(=C)N(C)C(=N)c1cc(C)ccc1C)c1ccc(C)cc1.CC. The number of rotatable bonds is 6. The average molecular weight is 381 g/mol. The Kier molecular flexibility index (Phi) is 9.10. The van der Waals surface area contributed by atoms with E-state index in [1.807, 2.05) is 39.6 Å². The van der Waals surface area contributed by atoms with Gasteiger partial charge in [0.05, 0.1) is 5.03 Å². The molecule has 0 aliphatic heterocycles. The van der Waals surface area contributed by atoms with E-state index in [1.54, 1.807) is 11.8 Å². The van der Waals surface area contributed by atoms with Gasteiger partial charge < -0.3 is 4.90 Å². The molecule has 0 atom stereocenters. The summed E-state index contributed by atoms with van der Waals surface area (Å²) < 4.78 is 0. The van der Waals surface area contributed by atoms with Gasteiger partial charge in [0.2, 0.25) is 0 Å².